The van der Waals surface area contributed by atoms with Crippen LogP contribution in [0.1, 0.15) is 101 Å². The number of carbonyl (C=O) groups is 4. The van der Waals surface area contributed by atoms with Gasteiger partial charge in [0.2, 0.25) is 11.8 Å². The fraction of sp³-hybridized carbons (Fsp3) is 0.455. The summed E-state index contributed by atoms with van der Waals surface area (Å²) in [6.07, 6.45) is 7.62. The lowest BCUT2D eigenvalue weighted by molar-refractivity contribution is -0.139. The molecule has 14 heteroatoms. The third kappa shape index (κ3) is 9.70. The minimum Gasteiger partial charge on any atom is -0.453 e. The standard InChI is InChI=1S/C44H54N8O6/c1-27(2)37(49-43(55)57-5)41(53)51-23-9-7-11-35(51)39-45-25-33(47-39)31-19-15-29(16-20-31)13-14-30-17-21-32(22-18-30)34-26-46-40(48-34)36-12-8-10-24-52(36)42(54)38(28(3)4)50-44(56)58-6/h15-22,25-28,35-38H,7-12,23-24H2,1-6H3,(H,45,47)(H,46,48)(H,49,55)(H,50,56)/t35-,36-,37+,38+/m1/s1. The first kappa shape index (κ1) is 41.5. The van der Waals surface area contributed by atoms with Crippen LogP contribution in [0.5, 0.6) is 0 Å². The third-order valence-electron chi connectivity index (χ3n) is 10.9. The van der Waals surface area contributed by atoms with Gasteiger partial charge in [0.25, 0.3) is 0 Å². The van der Waals surface area contributed by atoms with Crippen molar-refractivity contribution in [2.24, 2.45) is 11.8 Å². The van der Waals surface area contributed by atoms with Crippen LogP contribution in [-0.4, -0.2) is 93.1 Å². The Morgan fingerprint density at radius 3 is 1.36 bits per heavy atom. The van der Waals surface area contributed by atoms with Gasteiger partial charge in [-0.15, -0.1) is 0 Å². The third-order valence-corrected chi connectivity index (χ3v) is 10.9. The summed E-state index contributed by atoms with van der Waals surface area (Å²) in [5.74, 6) is 7.45. The molecule has 0 spiro atoms. The second kappa shape index (κ2) is 18.9. The SMILES string of the molecule is COC(=O)N[C@H](C(=O)N1CCCC[C@@H]1c1ncc(-c2ccc(C#Cc3ccc(-c4cnc([C@H]5CCCCN5C(=O)[C@@H](NC(=O)OC)C(C)C)[nH]4)cc3)cc2)[nH]1)C(C)C. The van der Waals surface area contributed by atoms with Gasteiger partial charge in [-0.05, 0) is 85.8 Å². The lowest BCUT2D eigenvalue weighted by Crippen LogP contribution is -2.53. The highest BCUT2D eigenvalue weighted by atomic mass is 16.5. The summed E-state index contributed by atoms with van der Waals surface area (Å²) in [5, 5.41) is 5.42. The smallest absolute Gasteiger partial charge is 0.407 e. The van der Waals surface area contributed by atoms with Crippen LogP contribution in [0.3, 0.4) is 0 Å². The number of hydrogen-bond donors (Lipinski definition) is 4. The molecule has 4 N–H and O–H groups in total. The molecule has 2 aliphatic heterocycles. The van der Waals surface area contributed by atoms with Crippen LogP contribution in [0, 0.1) is 23.7 Å². The summed E-state index contributed by atoms with van der Waals surface area (Å²) in [7, 11) is 2.58. The molecule has 0 saturated carbocycles. The number of amides is 4. The number of carbonyl (C=O) groups excluding carboxylic acids is 4. The molecule has 0 unspecified atom stereocenters. The fourth-order valence-electron chi connectivity index (χ4n) is 7.63. The van der Waals surface area contributed by atoms with E-state index < -0.39 is 24.3 Å². The molecule has 4 aromatic rings. The van der Waals surface area contributed by atoms with Gasteiger partial charge >= 0.3 is 12.2 Å². The second-order valence-electron chi connectivity index (χ2n) is 15.6. The molecule has 2 fully saturated rings. The Hall–Kier alpha value is -6.10. The van der Waals surface area contributed by atoms with Crippen molar-refractivity contribution in [2.75, 3.05) is 27.3 Å². The molecule has 2 aromatic heterocycles. The van der Waals surface area contributed by atoms with Gasteiger partial charge in [0, 0.05) is 24.2 Å². The minimum atomic E-state index is -0.695. The Morgan fingerprint density at radius 2 is 1.02 bits per heavy atom. The molecule has 0 bridgehead atoms. The van der Waals surface area contributed by atoms with Crippen molar-refractivity contribution in [1.82, 2.24) is 40.4 Å². The van der Waals surface area contributed by atoms with Gasteiger partial charge in [-0.25, -0.2) is 19.6 Å². The van der Waals surface area contributed by atoms with E-state index in [0.29, 0.717) is 13.1 Å². The number of likely N-dealkylation sites (tertiary alicyclic amines) is 2. The summed E-state index contributed by atoms with van der Waals surface area (Å²) in [6.45, 7) is 8.80. The van der Waals surface area contributed by atoms with E-state index in [1.807, 2.05) is 86.0 Å². The molecule has 4 atom stereocenters. The van der Waals surface area contributed by atoms with Crippen LogP contribution in [0.25, 0.3) is 22.5 Å². The van der Waals surface area contributed by atoms with Gasteiger partial charge in [-0.3, -0.25) is 9.59 Å². The first-order valence-corrected chi connectivity index (χ1v) is 20.1. The van der Waals surface area contributed by atoms with Crippen LogP contribution in [0.15, 0.2) is 60.9 Å². The van der Waals surface area contributed by atoms with Crippen LogP contribution in [-0.2, 0) is 19.1 Å². The van der Waals surface area contributed by atoms with E-state index in [1.165, 1.54) is 14.2 Å². The van der Waals surface area contributed by atoms with E-state index in [4.69, 9.17) is 9.47 Å². The molecule has 58 heavy (non-hydrogen) atoms. The molecule has 4 amide bonds. The van der Waals surface area contributed by atoms with Gasteiger partial charge in [-0.2, -0.15) is 0 Å². The monoisotopic (exact) mass is 790 g/mol. The quantitative estimate of drug-likeness (QED) is 0.128. The van der Waals surface area contributed by atoms with Crippen molar-refractivity contribution in [3.05, 3.63) is 83.7 Å². The van der Waals surface area contributed by atoms with Crippen LogP contribution in [0.4, 0.5) is 9.59 Å². The summed E-state index contributed by atoms with van der Waals surface area (Å²) >= 11 is 0. The predicted molar refractivity (Wildman–Crippen MR) is 219 cm³/mol. The number of nitrogens with one attached hydrogen (secondary N) is 4. The maximum Gasteiger partial charge on any atom is 0.407 e. The highest BCUT2D eigenvalue weighted by molar-refractivity contribution is 5.87. The number of aromatic nitrogens is 4. The van der Waals surface area contributed by atoms with E-state index in [0.717, 1.165) is 83.8 Å². The van der Waals surface area contributed by atoms with E-state index in [1.54, 1.807) is 12.4 Å². The van der Waals surface area contributed by atoms with Crippen molar-refractivity contribution >= 4 is 24.0 Å². The molecule has 2 aromatic carbocycles. The Kier molecular flexibility index (Phi) is 13.5. The summed E-state index contributed by atoms with van der Waals surface area (Å²) in [5.41, 5.74) is 5.31. The Morgan fingerprint density at radius 1 is 0.638 bits per heavy atom. The van der Waals surface area contributed by atoms with Gasteiger partial charge in [0.05, 0.1) is 50.1 Å². The Labute approximate surface area is 339 Å². The molecule has 2 aliphatic rings. The van der Waals surface area contributed by atoms with E-state index >= 15 is 0 Å². The number of alkyl carbamates (subject to hydrolysis) is 2. The van der Waals surface area contributed by atoms with Gasteiger partial charge in [0.1, 0.15) is 23.7 Å². The minimum absolute atomic E-state index is 0.110. The zero-order valence-corrected chi connectivity index (χ0v) is 34.1. The zero-order valence-electron chi connectivity index (χ0n) is 34.1. The first-order valence-electron chi connectivity index (χ1n) is 20.1. The average molecular weight is 791 g/mol. The normalized spacial score (nSPS) is 17.9. The maximum absolute atomic E-state index is 13.7. The number of hydrogen-bond acceptors (Lipinski definition) is 8. The summed E-state index contributed by atoms with van der Waals surface area (Å²) in [6, 6.07) is 14.1. The van der Waals surface area contributed by atoms with Gasteiger partial charge in [0.15, 0.2) is 0 Å². The van der Waals surface area contributed by atoms with Crippen molar-refractivity contribution in [2.45, 2.75) is 90.4 Å². The molecule has 6 rings (SSSR count). The number of aromatic amines is 2. The van der Waals surface area contributed by atoms with Crippen LogP contribution in [0.2, 0.25) is 0 Å². The first-order chi connectivity index (χ1) is 28.0. The van der Waals surface area contributed by atoms with Crippen molar-refractivity contribution < 1.29 is 28.7 Å². The Bertz CT molecular complexity index is 1960. The summed E-state index contributed by atoms with van der Waals surface area (Å²) in [4.78, 5) is 71.2. The Balaban J connectivity index is 1.09. The van der Waals surface area contributed by atoms with Gasteiger partial charge < -0.3 is 39.9 Å². The number of piperidine rings is 2. The molecule has 0 radical (unpaired) electrons. The van der Waals surface area contributed by atoms with Crippen molar-refractivity contribution in [3.63, 3.8) is 0 Å². The molecular weight excluding hydrogens is 737 g/mol. The molecular formula is C44H54N8O6. The number of benzene rings is 2. The van der Waals surface area contributed by atoms with Crippen molar-refractivity contribution in [3.8, 4) is 34.4 Å². The molecule has 306 valence electrons. The predicted octanol–water partition coefficient (Wildman–Crippen LogP) is 6.74. The number of methoxy groups -OCH3 is 2. The van der Waals surface area contributed by atoms with Gasteiger partial charge in [-0.1, -0.05) is 63.8 Å². The molecule has 4 heterocycles. The molecule has 14 nitrogen and oxygen atoms in total. The van der Waals surface area contributed by atoms with E-state index in [-0.39, 0.29) is 35.7 Å². The van der Waals surface area contributed by atoms with Crippen molar-refractivity contribution in [1.29, 1.82) is 0 Å². The lowest BCUT2D eigenvalue weighted by Gasteiger charge is -2.37. The zero-order chi connectivity index (χ0) is 41.3. The topological polar surface area (TPSA) is 175 Å². The summed E-state index contributed by atoms with van der Waals surface area (Å²) < 4.78 is 9.54. The maximum atomic E-state index is 13.7. The lowest BCUT2D eigenvalue weighted by atomic mass is 9.97. The van der Waals surface area contributed by atoms with E-state index in [9.17, 15) is 19.2 Å². The van der Waals surface area contributed by atoms with Crippen LogP contribution >= 0.6 is 0 Å². The second-order valence-corrected chi connectivity index (χ2v) is 15.6. The largest absolute Gasteiger partial charge is 0.453 e. The number of imidazole rings is 2. The number of rotatable bonds is 10. The number of H-pyrrole nitrogens is 2. The van der Waals surface area contributed by atoms with E-state index in [2.05, 4.69) is 42.4 Å². The number of nitrogens with zero attached hydrogens (tertiary/aromatic N) is 4. The highest BCUT2D eigenvalue weighted by Crippen LogP contribution is 2.33. The number of ether oxygens (including phenoxy) is 2. The molecule has 2 saturated heterocycles. The average Bonchev–Trinajstić information content (AvgIpc) is 3.95. The van der Waals surface area contributed by atoms with Crippen LogP contribution < -0.4 is 10.6 Å². The molecule has 0 aliphatic carbocycles. The fourth-order valence-corrected chi connectivity index (χ4v) is 7.63. The highest BCUT2D eigenvalue weighted by Gasteiger charge is 2.37.